The first-order valence-electron chi connectivity index (χ1n) is 4.62. The Morgan fingerprint density at radius 3 is 2.94 bits per heavy atom. The van der Waals surface area contributed by atoms with Gasteiger partial charge in [-0.3, -0.25) is 15.2 Å². The van der Waals surface area contributed by atoms with Gasteiger partial charge in [-0.2, -0.15) is 5.10 Å². The van der Waals surface area contributed by atoms with Gasteiger partial charge in [-0.15, -0.1) is 0 Å². The first-order valence-corrected chi connectivity index (χ1v) is 5.43. The molecule has 0 saturated carbocycles. The van der Waals surface area contributed by atoms with Crippen molar-refractivity contribution in [2.75, 3.05) is 0 Å². The van der Waals surface area contributed by atoms with E-state index in [0.29, 0.717) is 5.16 Å². The number of nitro groups is 1. The van der Waals surface area contributed by atoms with E-state index in [1.54, 1.807) is 12.1 Å². The molecular formula is C9H8N4O3S. The molecule has 2 rings (SSSR count). The predicted octanol–water partition coefficient (Wildman–Crippen LogP) is 1.36. The fraction of sp³-hybridized carbons (Fsp3) is 0.111. The number of aliphatic hydroxyl groups excluding tert-OH is 1. The van der Waals surface area contributed by atoms with Crippen LogP contribution in [0, 0.1) is 10.1 Å². The Kier molecular flexibility index (Phi) is 3.35. The molecule has 0 atom stereocenters. The second-order valence-electron chi connectivity index (χ2n) is 3.10. The number of nitro benzene ring substituents is 1. The van der Waals surface area contributed by atoms with Crippen molar-refractivity contribution in [1.29, 1.82) is 0 Å². The summed E-state index contributed by atoms with van der Waals surface area (Å²) in [6, 6.07) is 4.53. The third kappa shape index (κ3) is 2.60. The largest absolute Gasteiger partial charge is 0.391 e. The quantitative estimate of drug-likeness (QED) is 0.628. The van der Waals surface area contributed by atoms with Crippen molar-refractivity contribution >= 4 is 17.4 Å². The number of hydrogen-bond donors (Lipinski definition) is 2. The lowest BCUT2D eigenvalue weighted by Gasteiger charge is -2.02. The van der Waals surface area contributed by atoms with Gasteiger partial charge in [0.25, 0.3) is 5.69 Å². The van der Waals surface area contributed by atoms with Crippen molar-refractivity contribution in [3.8, 4) is 0 Å². The fourth-order valence-corrected chi connectivity index (χ4v) is 2.04. The maximum absolute atomic E-state index is 10.7. The highest BCUT2D eigenvalue weighted by Crippen LogP contribution is 2.29. The monoisotopic (exact) mass is 252 g/mol. The summed E-state index contributed by atoms with van der Waals surface area (Å²) >= 11 is 1.28. The first-order chi connectivity index (χ1) is 8.20. The van der Waals surface area contributed by atoms with Crippen LogP contribution in [-0.4, -0.2) is 25.2 Å². The van der Waals surface area contributed by atoms with Gasteiger partial charge >= 0.3 is 0 Å². The SMILES string of the molecule is O=[N+]([O-])c1ccc(Sc2ncn[nH]2)cc1CO. The van der Waals surface area contributed by atoms with Gasteiger partial charge in [0.05, 0.1) is 17.1 Å². The highest BCUT2D eigenvalue weighted by molar-refractivity contribution is 7.99. The maximum atomic E-state index is 10.7. The minimum absolute atomic E-state index is 0.0885. The Morgan fingerprint density at radius 1 is 1.53 bits per heavy atom. The van der Waals surface area contributed by atoms with Crippen molar-refractivity contribution in [2.24, 2.45) is 0 Å². The molecule has 0 bridgehead atoms. The summed E-state index contributed by atoms with van der Waals surface area (Å²) in [6.07, 6.45) is 1.38. The molecule has 0 spiro atoms. The van der Waals surface area contributed by atoms with Crippen LogP contribution in [0.1, 0.15) is 5.56 Å². The molecule has 0 aliphatic carbocycles. The zero-order valence-electron chi connectivity index (χ0n) is 8.53. The van der Waals surface area contributed by atoms with Crippen LogP contribution in [-0.2, 0) is 6.61 Å². The van der Waals surface area contributed by atoms with E-state index >= 15 is 0 Å². The minimum Gasteiger partial charge on any atom is -0.391 e. The molecule has 17 heavy (non-hydrogen) atoms. The van der Waals surface area contributed by atoms with E-state index in [9.17, 15) is 10.1 Å². The molecule has 0 fully saturated rings. The van der Waals surface area contributed by atoms with Crippen LogP contribution in [0.5, 0.6) is 0 Å². The number of benzene rings is 1. The number of nitrogens with zero attached hydrogens (tertiary/aromatic N) is 3. The van der Waals surface area contributed by atoms with Gasteiger partial charge in [0.15, 0.2) is 5.16 Å². The van der Waals surface area contributed by atoms with Crippen LogP contribution in [0.2, 0.25) is 0 Å². The average molecular weight is 252 g/mol. The molecule has 0 unspecified atom stereocenters. The molecule has 0 aliphatic rings. The molecule has 8 heteroatoms. The molecule has 1 aromatic heterocycles. The molecule has 0 saturated heterocycles. The van der Waals surface area contributed by atoms with E-state index in [1.807, 2.05) is 0 Å². The fourth-order valence-electron chi connectivity index (χ4n) is 1.29. The van der Waals surface area contributed by atoms with Crippen LogP contribution < -0.4 is 0 Å². The molecular weight excluding hydrogens is 244 g/mol. The molecule has 1 aromatic carbocycles. The molecule has 0 radical (unpaired) electrons. The second kappa shape index (κ2) is 4.93. The van der Waals surface area contributed by atoms with E-state index in [2.05, 4.69) is 15.2 Å². The lowest BCUT2D eigenvalue weighted by molar-refractivity contribution is -0.385. The maximum Gasteiger partial charge on any atom is 0.274 e. The summed E-state index contributed by atoms with van der Waals surface area (Å²) in [5, 5.41) is 26.7. The number of aliphatic hydroxyl groups is 1. The summed E-state index contributed by atoms with van der Waals surface area (Å²) < 4.78 is 0. The van der Waals surface area contributed by atoms with Crippen molar-refractivity contribution in [1.82, 2.24) is 15.2 Å². The lowest BCUT2D eigenvalue weighted by atomic mass is 10.2. The van der Waals surface area contributed by atoms with Gasteiger partial charge < -0.3 is 5.11 Å². The Hall–Kier alpha value is -1.93. The summed E-state index contributed by atoms with van der Waals surface area (Å²) in [7, 11) is 0. The number of rotatable bonds is 4. The number of aromatic nitrogens is 3. The van der Waals surface area contributed by atoms with Crippen molar-refractivity contribution in [3.63, 3.8) is 0 Å². The molecule has 88 valence electrons. The van der Waals surface area contributed by atoms with Crippen LogP contribution in [0.3, 0.4) is 0 Å². The smallest absolute Gasteiger partial charge is 0.274 e. The normalized spacial score (nSPS) is 10.4. The zero-order chi connectivity index (χ0) is 12.3. The number of nitrogens with one attached hydrogen (secondary N) is 1. The van der Waals surface area contributed by atoms with Crippen LogP contribution in [0.25, 0.3) is 0 Å². The molecule has 2 N–H and O–H groups in total. The Morgan fingerprint density at radius 2 is 2.35 bits per heavy atom. The molecule has 0 aliphatic heterocycles. The minimum atomic E-state index is -0.519. The Balaban J connectivity index is 2.28. The van der Waals surface area contributed by atoms with Crippen molar-refractivity contribution in [2.45, 2.75) is 16.7 Å². The number of H-pyrrole nitrogens is 1. The van der Waals surface area contributed by atoms with Crippen LogP contribution in [0.15, 0.2) is 34.6 Å². The van der Waals surface area contributed by atoms with E-state index in [4.69, 9.17) is 5.11 Å². The van der Waals surface area contributed by atoms with Gasteiger partial charge in [-0.1, -0.05) is 11.8 Å². The average Bonchev–Trinajstić information content (AvgIpc) is 2.81. The first kappa shape index (κ1) is 11.6. The van der Waals surface area contributed by atoms with Crippen molar-refractivity contribution in [3.05, 3.63) is 40.2 Å². The molecule has 0 amide bonds. The highest BCUT2D eigenvalue weighted by Gasteiger charge is 2.13. The van der Waals surface area contributed by atoms with E-state index in [0.717, 1.165) is 4.90 Å². The Labute approximate surface area is 100 Å². The summed E-state index contributed by atoms with van der Waals surface area (Å²) in [5.74, 6) is 0. The third-order valence-electron chi connectivity index (χ3n) is 2.03. The van der Waals surface area contributed by atoms with E-state index < -0.39 is 4.92 Å². The Bertz CT molecular complexity index is 529. The summed E-state index contributed by atoms with van der Waals surface area (Å²) in [5.41, 5.74) is 0.189. The zero-order valence-corrected chi connectivity index (χ0v) is 9.35. The van der Waals surface area contributed by atoms with Gasteiger partial charge in [0.2, 0.25) is 0 Å². The van der Waals surface area contributed by atoms with Gasteiger partial charge in [0.1, 0.15) is 6.33 Å². The van der Waals surface area contributed by atoms with Gasteiger partial charge in [-0.25, -0.2) is 4.98 Å². The van der Waals surface area contributed by atoms with E-state index in [-0.39, 0.29) is 17.9 Å². The van der Waals surface area contributed by atoms with Gasteiger partial charge in [-0.05, 0) is 12.1 Å². The summed E-state index contributed by atoms with van der Waals surface area (Å²) in [4.78, 5) is 14.8. The van der Waals surface area contributed by atoms with Gasteiger partial charge in [0, 0.05) is 11.0 Å². The predicted molar refractivity (Wildman–Crippen MR) is 59.5 cm³/mol. The molecule has 7 nitrogen and oxygen atoms in total. The topological polar surface area (TPSA) is 105 Å². The number of aromatic amines is 1. The molecule has 2 aromatic rings. The highest BCUT2D eigenvalue weighted by atomic mass is 32.2. The third-order valence-corrected chi connectivity index (χ3v) is 2.91. The standard InChI is InChI=1S/C9H8N4O3S/c14-4-6-3-7(1-2-8(6)13(15)16)17-9-10-5-11-12-9/h1-3,5,14H,4H2,(H,10,11,12). The lowest BCUT2D eigenvalue weighted by Crippen LogP contribution is -1.95. The molecule has 1 heterocycles. The van der Waals surface area contributed by atoms with Crippen LogP contribution >= 0.6 is 11.8 Å². The van der Waals surface area contributed by atoms with E-state index in [1.165, 1.54) is 24.2 Å². The second-order valence-corrected chi connectivity index (χ2v) is 4.16. The number of hydrogen-bond acceptors (Lipinski definition) is 6. The van der Waals surface area contributed by atoms with Crippen LogP contribution in [0.4, 0.5) is 5.69 Å². The summed E-state index contributed by atoms with van der Waals surface area (Å²) in [6.45, 7) is -0.374. The van der Waals surface area contributed by atoms with Crippen molar-refractivity contribution < 1.29 is 10.0 Å².